The fraction of sp³-hybridized carbons (Fsp3) is 0.500. The van der Waals surface area contributed by atoms with Crippen LogP contribution < -0.4 is 9.47 Å². The van der Waals surface area contributed by atoms with Gasteiger partial charge in [-0.15, -0.1) is 0 Å². The molecular formula is C16H21N3O3. The monoisotopic (exact) mass is 303 g/mol. The van der Waals surface area contributed by atoms with Crippen LogP contribution in [0.1, 0.15) is 31.5 Å². The minimum absolute atomic E-state index is 0.00705. The van der Waals surface area contributed by atoms with E-state index in [2.05, 4.69) is 15.0 Å². The Labute approximate surface area is 130 Å². The fourth-order valence-corrected chi connectivity index (χ4v) is 2.36. The zero-order chi connectivity index (χ0) is 15.5. The van der Waals surface area contributed by atoms with Crippen LogP contribution in [-0.4, -0.2) is 41.3 Å². The highest BCUT2D eigenvalue weighted by Gasteiger charge is 2.22. The molecule has 1 atom stereocenters. The zero-order valence-electron chi connectivity index (χ0n) is 13.2. The molecule has 0 unspecified atom stereocenters. The molecule has 0 radical (unpaired) electrons. The predicted molar refractivity (Wildman–Crippen MR) is 81.1 cm³/mol. The van der Waals surface area contributed by atoms with E-state index in [0.29, 0.717) is 19.0 Å². The van der Waals surface area contributed by atoms with Gasteiger partial charge in [0.2, 0.25) is 5.89 Å². The van der Waals surface area contributed by atoms with E-state index < -0.39 is 0 Å². The summed E-state index contributed by atoms with van der Waals surface area (Å²) in [7, 11) is 2.00. The van der Waals surface area contributed by atoms with E-state index >= 15 is 0 Å². The van der Waals surface area contributed by atoms with Gasteiger partial charge in [0.15, 0.2) is 17.3 Å². The lowest BCUT2D eigenvalue weighted by Crippen LogP contribution is -2.39. The van der Waals surface area contributed by atoms with Crippen LogP contribution in [0.3, 0.4) is 0 Å². The summed E-state index contributed by atoms with van der Waals surface area (Å²) in [6.45, 7) is 5.96. The van der Waals surface area contributed by atoms with Crippen LogP contribution in [0.2, 0.25) is 0 Å². The Bertz CT molecular complexity index is 627. The molecule has 0 saturated heterocycles. The normalized spacial score (nSPS) is 17.2. The quantitative estimate of drug-likeness (QED) is 0.845. The number of fused-ring (bicyclic) bond motifs is 1. The molecule has 0 aliphatic carbocycles. The molecule has 0 bridgehead atoms. The summed E-state index contributed by atoms with van der Waals surface area (Å²) in [6.07, 6.45) is -0.00705. The Morgan fingerprint density at radius 2 is 2.05 bits per heavy atom. The molecule has 1 aromatic carbocycles. The van der Waals surface area contributed by atoms with Gasteiger partial charge in [0.1, 0.15) is 12.7 Å². The van der Waals surface area contributed by atoms with Crippen molar-refractivity contribution < 1.29 is 14.0 Å². The first kappa shape index (κ1) is 14.8. The molecule has 6 heteroatoms. The zero-order valence-corrected chi connectivity index (χ0v) is 13.2. The minimum atomic E-state index is -0.00705. The molecule has 0 amide bonds. The van der Waals surface area contributed by atoms with E-state index in [9.17, 15) is 0 Å². The Morgan fingerprint density at radius 3 is 2.77 bits per heavy atom. The first-order valence-corrected chi connectivity index (χ1v) is 7.51. The first-order chi connectivity index (χ1) is 10.6. The van der Waals surface area contributed by atoms with Crippen LogP contribution in [0.4, 0.5) is 0 Å². The summed E-state index contributed by atoms with van der Waals surface area (Å²) in [5, 5.41) is 3.98. The molecule has 22 heavy (non-hydrogen) atoms. The lowest BCUT2D eigenvalue weighted by Gasteiger charge is -2.29. The van der Waals surface area contributed by atoms with Crippen molar-refractivity contribution in [3.8, 4) is 11.5 Å². The van der Waals surface area contributed by atoms with E-state index in [0.717, 1.165) is 23.9 Å². The Balaban J connectivity index is 1.55. The van der Waals surface area contributed by atoms with Gasteiger partial charge >= 0.3 is 0 Å². The molecular weight excluding hydrogens is 282 g/mol. The van der Waals surface area contributed by atoms with Crippen LogP contribution in [0.15, 0.2) is 28.8 Å². The van der Waals surface area contributed by atoms with Crippen LogP contribution >= 0.6 is 0 Å². The molecule has 0 N–H and O–H groups in total. The van der Waals surface area contributed by atoms with Gasteiger partial charge in [0.05, 0.1) is 6.54 Å². The smallest absolute Gasteiger partial charge is 0.240 e. The summed E-state index contributed by atoms with van der Waals surface area (Å²) >= 11 is 0. The highest BCUT2D eigenvalue weighted by Crippen LogP contribution is 2.31. The maximum atomic E-state index is 5.95. The van der Waals surface area contributed by atoms with Crippen molar-refractivity contribution in [2.75, 3.05) is 20.2 Å². The summed E-state index contributed by atoms with van der Waals surface area (Å²) in [5.41, 5.74) is 0. The van der Waals surface area contributed by atoms with Crippen LogP contribution in [-0.2, 0) is 6.54 Å². The standard InChI is InChI=1S/C16H21N3O3/c1-11(2)16-17-15(22-18-16)9-19(3)8-12-10-20-13-6-4-5-7-14(13)21-12/h4-7,11-12H,8-10H2,1-3H3/t12-/m1/s1. The van der Waals surface area contributed by atoms with Crippen LogP contribution in [0.5, 0.6) is 11.5 Å². The van der Waals surface area contributed by atoms with Gasteiger partial charge in [0.25, 0.3) is 0 Å². The maximum Gasteiger partial charge on any atom is 0.240 e. The maximum absolute atomic E-state index is 5.95. The molecule has 2 heterocycles. The third-order valence-electron chi connectivity index (χ3n) is 3.49. The number of hydrogen-bond donors (Lipinski definition) is 0. The highest BCUT2D eigenvalue weighted by molar-refractivity contribution is 5.40. The number of ether oxygens (including phenoxy) is 2. The molecule has 0 saturated carbocycles. The Kier molecular flexibility index (Phi) is 4.29. The molecule has 3 rings (SSSR count). The largest absolute Gasteiger partial charge is 0.486 e. The van der Waals surface area contributed by atoms with Gasteiger partial charge in [0, 0.05) is 12.5 Å². The van der Waals surface area contributed by atoms with E-state index in [4.69, 9.17) is 14.0 Å². The SMILES string of the molecule is CC(C)c1noc(CN(C)C[C@@H]2COc3ccccc3O2)n1. The number of aromatic nitrogens is 2. The molecule has 1 aliphatic heterocycles. The van der Waals surface area contributed by atoms with Crippen molar-refractivity contribution in [3.05, 3.63) is 36.0 Å². The van der Waals surface area contributed by atoms with Crippen LogP contribution in [0.25, 0.3) is 0 Å². The number of nitrogens with zero attached hydrogens (tertiary/aromatic N) is 3. The van der Waals surface area contributed by atoms with E-state index in [-0.39, 0.29) is 12.0 Å². The van der Waals surface area contributed by atoms with Gasteiger partial charge in [-0.25, -0.2) is 0 Å². The second-order valence-corrected chi connectivity index (χ2v) is 5.90. The third kappa shape index (κ3) is 3.39. The molecule has 118 valence electrons. The number of para-hydroxylation sites is 2. The predicted octanol–water partition coefficient (Wildman–Crippen LogP) is 2.46. The average molecular weight is 303 g/mol. The lowest BCUT2D eigenvalue weighted by atomic mass is 10.2. The van der Waals surface area contributed by atoms with Crippen molar-refractivity contribution >= 4 is 0 Å². The van der Waals surface area contributed by atoms with E-state index in [1.165, 1.54) is 0 Å². The highest BCUT2D eigenvalue weighted by atomic mass is 16.6. The summed E-state index contributed by atoms with van der Waals surface area (Å²) in [4.78, 5) is 6.48. The fourth-order valence-electron chi connectivity index (χ4n) is 2.36. The molecule has 0 fully saturated rings. The minimum Gasteiger partial charge on any atom is -0.486 e. The molecule has 0 spiro atoms. The summed E-state index contributed by atoms with van der Waals surface area (Å²) in [6, 6.07) is 7.73. The van der Waals surface area contributed by atoms with Gasteiger partial charge in [-0.1, -0.05) is 31.1 Å². The first-order valence-electron chi connectivity index (χ1n) is 7.51. The Morgan fingerprint density at radius 1 is 1.27 bits per heavy atom. The molecule has 1 aromatic heterocycles. The van der Waals surface area contributed by atoms with Gasteiger partial charge < -0.3 is 14.0 Å². The average Bonchev–Trinajstić information content (AvgIpc) is 2.95. The van der Waals surface area contributed by atoms with Crippen LogP contribution in [0, 0.1) is 0 Å². The number of benzene rings is 1. The Hall–Kier alpha value is -2.08. The number of rotatable bonds is 5. The topological polar surface area (TPSA) is 60.6 Å². The van der Waals surface area contributed by atoms with E-state index in [1.54, 1.807) is 0 Å². The van der Waals surface area contributed by atoms with Crippen molar-refractivity contribution in [2.24, 2.45) is 0 Å². The lowest BCUT2D eigenvalue weighted by molar-refractivity contribution is 0.0613. The molecule has 2 aromatic rings. The second kappa shape index (κ2) is 6.36. The van der Waals surface area contributed by atoms with Gasteiger partial charge in [-0.3, -0.25) is 4.90 Å². The molecule has 1 aliphatic rings. The number of likely N-dealkylation sites (N-methyl/N-ethyl adjacent to an activating group) is 1. The second-order valence-electron chi connectivity index (χ2n) is 5.90. The van der Waals surface area contributed by atoms with E-state index in [1.807, 2.05) is 45.2 Å². The third-order valence-corrected chi connectivity index (χ3v) is 3.49. The summed E-state index contributed by atoms with van der Waals surface area (Å²) in [5.74, 6) is 3.25. The van der Waals surface area contributed by atoms with Crippen molar-refractivity contribution in [1.29, 1.82) is 0 Å². The van der Waals surface area contributed by atoms with Crippen molar-refractivity contribution in [2.45, 2.75) is 32.4 Å². The van der Waals surface area contributed by atoms with Gasteiger partial charge in [-0.2, -0.15) is 4.98 Å². The van der Waals surface area contributed by atoms with Crippen molar-refractivity contribution in [3.63, 3.8) is 0 Å². The number of hydrogen-bond acceptors (Lipinski definition) is 6. The van der Waals surface area contributed by atoms with Crippen molar-refractivity contribution in [1.82, 2.24) is 15.0 Å². The molecule has 6 nitrogen and oxygen atoms in total. The summed E-state index contributed by atoms with van der Waals surface area (Å²) < 4.78 is 16.9. The van der Waals surface area contributed by atoms with Gasteiger partial charge in [-0.05, 0) is 19.2 Å².